The molecule has 34 nitrogen and oxygen atoms in total. The largest absolute Gasteiger partial charge is 0.472 e. The lowest BCUT2D eigenvalue weighted by Crippen LogP contribution is -2.37. The van der Waals surface area contributed by atoms with Crippen molar-refractivity contribution in [3.8, 4) is 0 Å². The first-order valence-corrected chi connectivity index (χ1v) is 24.9. The zero-order valence-corrected chi connectivity index (χ0v) is 37.6. The number of nitrogens with zero attached hydrogens (tertiary/aromatic N) is 12. The molecular formula is C32H42N15O19P3. The molecule has 14 atom stereocenters. The molecule has 3 aliphatic heterocycles. The average molecular weight is 1030 g/mol. The molecule has 14 N–H and O–H groups in total. The third kappa shape index (κ3) is 9.92. The van der Waals surface area contributed by atoms with Crippen molar-refractivity contribution in [3.63, 3.8) is 0 Å². The van der Waals surface area contributed by atoms with Crippen molar-refractivity contribution in [1.29, 1.82) is 0 Å². The fourth-order valence-corrected chi connectivity index (χ4v) is 9.97. The Kier molecular flexibility index (Phi) is 13.5. The van der Waals surface area contributed by atoms with Gasteiger partial charge in [0.15, 0.2) is 53.1 Å². The number of phosphoric ester groups is 2. The van der Waals surface area contributed by atoms with Crippen LogP contribution >= 0.6 is 23.2 Å². The standard InChI is InChI=1S/C32H42N15O19P3/c33-24-15-27(39-6-36-24)45(9-42-15)30-21(51)18(48)13(62-30)4-60-68(55,56)66-23-20(50)14(64-32(23)47-11-44-17-26(35)38-8-41-29(17)47)5-61-69(57,58)65-22-19(49)12(3-59-1-2-67(52,53)54)63-31(22)46-10-43-16-25(34)37-7-40-28(16)46/h6-14,18-23,30-32,48-51H,1-5H2,(H,55,56)(H,57,58)(H2,33,36,39)(H2,34,37,40)(H2,35,38,41)(H2,52,53,54)/t12-,13-,14-,18-,19-,20-,21-,22-,23-,30-,31-,32-/m1/s1. The molecular weight excluding hydrogens is 991 g/mol. The van der Waals surface area contributed by atoms with Gasteiger partial charge in [0.05, 0.1) is 51.6 Å². The van der Waals surface area contributed by atoms with Crippen molar-refractivity contribution in [2.24, 2.45) is 0 Å². The summed E-state index contributed by atoms with van der Waals surface area (Å²) in [7, 11) is -15.2. The highest BCUT2D eigenvalue weighted by Gasteiger charge is 2.53. The molecule has 6 aromatic rings. The van der Waals surface area contributed by atoms with Gasteiger partial charge in [-0.3, -0.25) is 36.4 Å². The second-order valence-electron chi connectivity index (χ2n) is 15.5. The van der Waals surface area contributed by atoms with E-state index in [1.54, 1.807) is 0 Å². The summed E-state index contributed by atoms with van der Waals surface area (Å²) >= 11 is 0. The summed E-state index contributed by atoms with van der Waals surface area (Å²) in [6.45, 7) is -2.81. The molecule has 0 spiro atoms. The van der Waals surface area contributed by atoms with E-state index in [9.17, 15) is 53.7 Å². The second-order valence-corrected chi connectivity index (χ2v) is 20.1. The monoisotopic (exact) mass is 1030 g/mol. The van der Waals surface area contributed by atoms with Crippen molar-refractivity contribution in [1.82, 2.24) is 58.6 Å². The van der Waals surface area contributed by atoms with E-state index in [2.05, 4.69) is 44.9 Å². The molecule has 0 radical (unpaired) electrons. The summed E-state index contributed by atoms with van der Waals surface area (Å²) in [6.07, 6.45) is -13.5. The summed E-state index contributed by atoms with van der Waals surface area (Å²) in [6, 6.07) is 0. The molecule has 3 saturated heterocycles. The minimum Gasteiger partial charge on any atom is -0.387 e. The topological polar surface area (TPSA) is 496 Å². The predicted molar refractivity (Wildman–Crippen MR) is 224 cm³/mol. The van der Waals surface area contributed by atoms with E-state index in [-0.39, 0.29) is 50.9 Å². The summed E-state index contributed by atoms with van der Waals surface area (Å²) in [5, 5.41) is 44.7. The van der Waals surface area contributed by atoms with Crippen molar-refractivity contribution in [2.45, 2.75) is 73.6 Å². The number of anilines is 3. The lowest BCUT2D eigenvalue weighted by Gasteiger charge is -2.25. The van der Waals surface area contributed by atoms with E-state index in [0.717, 1.165) is 29.9 Å². The SMILES string of the molecule is Nc1ncnc2c1ncn2[C@@H]1O[C@H](COP(=O)(O)O[C@@H]2[C@H](O)[C@@H](COP(=O)(O)O[C@@H]3[C@H](O)[C@@H](COCCP(=O)(O)O)O[C@H]3n3cnc4c(N)ncnc43)O[C@H]2n2cnc3c(N)ncnc32)[C@@H](O)[C@H]1O. The zero-order chi connectivity index (χ0) is 49.2. The van der Waals surface area contributed by atoms with E-state index < -0.39 is 129 Å². The van der Waals surface area contributed by atoms with E-state index in [4.69, 9.17) is 54.2 Å². The zero-order valence-electron chi connectivity index (χ0n) is 34.9. The lowest BCUT2D eigenvalue weighted by molar-refractivity contribution is -0.0674. The normalized spacial score (nSPS) is 30.4. The van der Waals surface area contributed by atoms with Crippen molar-refractivity contribution in [3.05, 3.63) is 38.0 Å². The summed E-state index contributed by atoms with van der Waals surface area (Å²) in [5.41, 5.74) is 18.2. The Labute approximate surface area is 384 Å². The minimum atomic E-state index is -5.38. The summed E-state index contributed by atoms with van der Waals surface area (Å²) < 4.78 is 86.7. The van der Waals surface area contributed by atoms with Crippen LogP contribution in [0.5, 0.6) is 0 Å². The van der Waals surface area contributed by atoms with Gasteiger partial charge in [-0.1, -0.05) is 0 Å². The van der Waals surface area contributed by atoms with Crippen LogP contribution in [0.15, 0.2) is 38.0 Å². The fourth-order valence-electron chi connectivity index (χ4n) is 7.74. The van der Waals surface area contributed by atoms with Crippen molar-refractivity contribution >= 4 is 74.2 Å². The van der Waals surface area contributed by atoms with Crippen molar-refractivity contribution in [2.75, 3.05) is 49.8 Å². The molecule has 9 heterocycles. The number of ether oxygens (including phenoxy) is 4. The first kappa shape index (κ1) is 49.1. The van der Waals surface area contributed by atoms with E-state index in [1.165, 1.54) is 21.8 Å². The molecule has 37 heteroatoms. The van der Waals surface area contributed by atoms with Gasteiger partial charge in [-0.05, 0) is 0 Å². The van der Waals surface area contributed by atoms with E-state index in [1.807, 2.05) is 0 Å². The molecule has 2 unspecified atom stereocenters. The van der Waals surface area contributed by atoms with Gasteiger partial charge in [-0.2, -0.15) is 0 Å². The van der Waals surface area contributed by atoms with Gasteiger partial charge in [0.1, 0.15) is 90.5 Å². The first-order chi connectivity index (χ1) is 32.7. The Morgan fingerprint density at radius 2 is 0.899 bits per heavy atom. The molecule has 6 aromatic heterocycles. The Hall–Kier alpha value is -4.90. The van der Waals surface area contributed by atoms with Crippen LogP contribution in [-0.4, -0.2) is 186 Å². The van der Waals surface area contributed by atoms with Gasteiger partial charge in [-0.15, -0.1) is 0 Å². The molecule has 0 saturated carbocycles. The highest BCUT2D eigenvalue weighted by molar-refractivity contribution is 7.51. The molecule has 3 fully saturated rings. The Morgan fingerprint density at radius 1 is 0.522 bits per heavy atom. The molecule has 69 heavy (non-hydrogen) atoms. The smallest absolute Gasteiger partial charge is 0.387 e. The van der Waals surface area contributed by atoms with E-state index in [0.29, 0.717) is 0 Å². The summed E-state index contributed by atoms with van der Waals surface area (Å²) in [5.74, 6) is -0.0896. The van der Waals surface area contributed by atoms with Gasteiger partial charge >= 0.3 is 23.2 Å². The van der Waals surface area contributed by atoms with Crippen LogP contribution in [0.2, 0.25) is 0 Å². The van der Waals surface area contributed by atoms with E-state index >= 15 is 0 Å². The number of hydrogen-bond donors (Lipinski definition) is 11. The molecule has 0 aromatic carbocycles. The van der Waals surface area contributed by atoms with Crippen LogP contribution in [0.25, 0.3) is 33.5 Å². The van der Waals surface area contributed by atoms with Crippen LogP contribution in [0.4, 0.5) is 17.5 Å². The highest BCUT2D eigenvalue weighted by atomic mass is 31.2. The van der Waals surface area contributed by atoms with Gasteiger partial charge in [-0.25, -0.2) is 54.0 Å². The molecule has 0 aliphatic carbocycles. The highest BCUT2D eigenvalue weighted by Crippen LogP contribution is 2.53. The number of hydrogen-bond acceptors (Lipinski definition) is 27. The molecule has 3 aliphatic rings. The third-order valence-electron chi connectivity index (χ3n) is 11.1. The number of imidazole rings is 3. The first-order valence-electron chi connectivity index (χ1n) is 20.1. The van der Waals surface area contributed by atoms with Gasteiger partial charge in [0, 0.05) is 0 Å². The molecule has 9 rings (SSSR count). The third-order valence-corrected chi connectivity index (χ3v) is 13.8. The van der Waals surface area contributed by atoms with Gasteiger partial charge in [0.2, 0.25) is 0 Å². The van der Waals surface area contributed by atoms with Crippen LogP contribution in [0.1, 0.15) is 18.7 Å². The van der Waals surface area contributed by atoms with Gasteiger partial charge < -0.3 is 76.1 Å². The minimum absolute atomic E-state index is 0.0122. The number of nitrogens with two attached hydrogens (primary N) is 3. The number of fused-ring (bicyclic) bond motifs is 3. The lowest BCUT2D eigenvalue weighted by atomic mass is 10.1. The number of aromatic nitrogens is 12. The quantitative estimate of drug-likeness (QED) is 0.0295. The maximum Gasteiger partial charge on any atom is 0.472 e. The number of aliphatic hydroxyl groups excluding tert-OH is 4. The Balaban J connectivity index is 0.909. The molecule has 0 bridgehead atoms. The van der Waals surface area contributed by atoms with Crippen LogP contribution in [0.3, 0.4) is 0 Å². The number of phosphoric acid groups is 2. The van der Waals surface area contributed by atoms with Gasteiger partial charge in [0.25, 0.3) is 0 Å². The van der Waals surface area contributed by atoms with Crippen LogP contribution < -0.4 is 17.2 Å². The molecule has 0 amide bonds. The Bertz CT molecular complexity index is 2980. The number of nitrogen functional groups attached to an aromatic ring is 3. The second kappa shape index (κ2) is 19.0. The summed E-state index contributed by atoms with van der Waals surface area (Å²) in [4.78, 5) is 76.9. The maximum atomic E-state index is 13.7. The fraction of sp³-hybridized carbons (Fsp3) is 0.531. The maximum absolute atomic E-state index is 13.7. The number of rotatable bonds is 18. The van der Waals surface area contributed by atoms with Crippen LogP contribution in [-0.2, 0) is 50.7 Å². The van der Waals surface area contributed by atoms with Crippen LogP contribution in [0, 0.1) is 0 Å². The predicted octanol–water partition coefficient (Wildman–Crippen LogP) is -3.41. The molecule has 374 valence electrons. The Morgan fingerprint density at radius 3 is 1.32 bits per heavy atom. The van der Waals surface area contributed by atoms with Crippen molar-refractivity contribution < 1.29 is 90.7 Å². The number of aliphatic hydroxyl groups is 4. The average Bonchev–Trinajstić information content (AvgIpc) is 4.16.